The van der Waals surface area contributed by atoms with Crippen LogP contribution < -0.4 is 5.73 Å². The van der Waals surface area contributed by atoms with E-state index in [9.17, 15) is 4.79 Å². The summed E-state index contributed by atoms with van der Waals surface area (Å²) < 4.78 is 0. The lowest BCUT2D eigenvalue weighted by Gasteiger charge is -2.32. The number of likely N-dealkylation sites (tertiary alicyclic amines) is 1. The van der Waals surface area contributed by atoms with Crippen LogP contribution in [0.1, 0.15) is 50.0 Å². The van der Waals surface area contributed by atoms with Gasteiger partial charge in [-0.2, -0.15) is 0 Å². The van der Waals surface area contributed by atoms with Crippen molar-refractivity contribution < 1.29 is 4.79 Å². The standard InChI is InChI=1S/C17H26N2O/c18-12-6-2-5-9-17(20)19-13-10-16(11-14-19)15-7-3-1-4-8-15/h1,3-4,7-8,16H,2,5-6,9-14,18H2. The third kappa shape index (κ3) is 4.34. The van der Waals surface area contributed by atoms with Crippen molar-refractivity contribution in [2.24, 2.45) is 5.73 Å². The Balaban J connectivity index is 1.72. The van der Waals surface area contributed by atoms with Gasteiger partial charge in [0.15, 0.2) is 0 Å². The summed E-state index contributed by atoms with van der Waals surface area (Å²) >= 11 is 0. The van der Waals surface area contributed by atoms with Gasteiger partial charge in [-0.15, -0.1) is 0 Å². The molecule has 1 fully saturated rings. The lowest BCUT2D eigenvalue weighted by Crippen LogP contribution is -2.37. The van der Waals surface area contributed by atoms with Crippen molar-refractivity contribution in [3.63, 3.8) is 0 Å². The van der Waals surface area contributed by atoms with Crippen molar-refractivity contribution in [3.8, 4) is 0 Å². The van der Waals surface area contributed by atoms with Gasteiger partial charge >= 0.3 is 0 Å². The monoisotopic (exact) mass is 274 g/mol. The fourth-order valence-corrected chi connectivity index (χ4v) is 2.94. The van der Waals surface area contributed by atoms with Crippen molar-refractivity contribution in [1.29, 1.82) is 0 Å². The Morgan fingerprint density at radius 1 is 1.10 bits per heavy atom. The molecule has 1 aromatic rings. The first-order chi connectivity index (χ1) is 9.81. The van der Waals surface area contributed by atoms with E-state index in [4.69, 9.17) is 5.73 Å². The summed E-state index contributed by atoms with van der Waals surface area (Å²) in [5.74, 6) is 0.950. The first-order valence-corrected chi connectivity index (χ1v) is 7.84. The molecule has 2 rings (SSSR count). The first-order valence-electron chi connectivity index (χ1n) is 7.84. The second-order valence-electron chi connectivity index (χ2n) is 5.67. The van der Waals surface area contributed by atoms with Crippen LogP contribution in [0, 0.1) is 0 Å². The van der Waals surface area contributed by atoms with Crippen molar-refractivity contribution in [1.82, 2.24) is 4.90 Å². The van der Waals surface area contributed by atoms with Crippen LogP contribution in [0.3, 0.4) is 0 Å². The molecule has 1 aliphatic rings. The molecule has 1 aromatic carbocycles. The highest BCUT2D eigenvalue weighted by Crippen LogP contribution is 2.28. The molecule has 0 aromatic heterocycles. The normalized spacial score (nSPS) is 16.4. The number of nitrogens with zero attached hydrogens (tertiary/aromatic N) is 1. The maximum atomic E-state index is 12.1. The number of benzene rings is 1. The van der Waals surface area contributed by atoms with Gasteiger partial charge in [-0.25, -0.2) is 0 Å². The fourth-order valence-electron chi connectivity index (χ4n) is 2.94. The smallest absolute Gasteiger partial charge is 0.222 e. The number of hydrogen-bond acceptors (Lipinski definition) is 2. The molecule has 0 saturated carbocycles. The summed E-state index contributed by atoms with van der Waals surface area (Å²) in [7, 11) is 0. The van der Waals surface area contributed by atoms with Gasteiger partial charge < -0.3 is 10.6 Å². The summed E-state index contributed by atoms with van der Waals surface area (Å²) in [6.07, 6.45) is 5.97. The summed E-state index contributed by atoms with van der Waals surface area (Å²) in [4.78, 5) is 14.1. The number of carbonyl (C=O) groups excluding carboxylic acids is 1. The Labute approximate surface area is 122 Å². The maximum Gasteiger partial charge on any atom is 0.222 e. The SMILES string of the molecule is NCCCCCC(=O)N1CCC(c2ccccc2)CC1. The molecule has 0 spiro atoms. The molecule has 2 N–H and O–H groups in total. The van der Waals surface area contributed by atoms with E-state index in [-0.39, 0.29) is 0 Å². The van der Waals surface area contributed by atoms with Gasteiger partial charge in [0.1, 0.15) is 0 Å². The molecule has 0 radical (unpaired) electrons. The number of nitrogens with two attached hydrogens (primary N) is 1. The summed E-state index contributed by atoms with van der Waals surface area (Å²) in [6, 6.07) is 10.7. The van der Waals surface area contributed by atoms with E-state index in [0.29, 0.717) is 18.2 Å². The molecule has 0 bridgehead atoms. The number of rotatable bonds is 6. The van der Waals surface area contributed by atoms with E-state index in [1.807, 2.05) is 4.90 Å². The number of hydrogen-bond donors (Lipinski definition) is 1. The van der Waals surface area contributed by atoms with Gasteiger partial charge in [-0.1, -0.05) is 36.8 Å². The van der Waals surface area contributed by atoms with Gasteiger partial charge in [-0.3, -0.25) is 4.79 Å². The van der Waals surface area contributed by atoms with Crippen LogP contribution in [0.4, 0.5) is 0 Å². The molecule has 110 valence electrons. The molecule has 0 unspecified atom stereocenters. The molecule has 1 saturated heterocycles. The van der Waals surface area contributed by atoms with E-state index in [2.05, 4.69) is 30.3 Å². The third-order valence-corrected chi connectivity index (χ3v) is 4.21. The predicted molar refractivity (Wildman–Crippen MR) is 82.5 cm³/mol. The summed E-state index contributed by atoms with van der Waals surface area (Å²) in [6.45, 7) is 2.56. The fraction of sp³-hybridized carbons (Fsp3) is 0.588. The maximum absolute atomic E-state index is 12.1. The van der Waals surface area contributed by atoms with Gasteiger partial charge in [-0.05, 0) is 43.7 Å². The van der Waals surface area contributed by atoms with Crippen LogP contribution >= 0.6 is 0 Å². The molecule has 0 atom stereocenters. The largest absolute Gasteiger partial charge is 0.343 e. The minimum atomic E-state index is 0.327. The zero-order valence-electron chi connectivity index (χ0n) is 12.3. The number of amides is 1. The van der Waals surface area contributed by atoms with Gasteiger partial charge in [0.2, 0.25) is 5.91 Å². The van der Waals surface area contributed by atoms with Crippen molar-refractivity contribution in [2.45, 2.75) is 44.4 Å². The lowest BCUT2D eigenvalue weighted by molar-refractivity contribution is -0.132. The number of piperidine rings is 1. The van der Waals surface area contributed by atoms with Crippen molar-refractivity contribution >= 4 is 5.91 Å². The zero-order chi connectivity index (χ0) is 14.2. The quantitative estimate of drug-likeness (QED) is 0.811. The van der Waals surface area contributed by atoms with Crippen molar-refractivity contribution in [3.05, 3.63) is 35.9 Å². The van der Waals surface area contributed by atoms with Crippen LogP contribution in [0.5, 0.6) is 0 Å². The zero-order valence-corrected chi connectivity index (χ0v) is 12.3. The Morgan fingerprint density at radius 3 is 2.45 bits per heavy atom. The third-order valence-electron chi connectivity index (χ3n) is 4.21. The highest BCUT2D eigenvalue weighted by Gasteiger charge is 2.23. The van der Waals surface area contributed by atoms with E-state index in [0.717, 1.165) is 51.7 Å². The Bertz CT molecular complexity index is 397. The van der Waals surface area contributed by atoms with Crippen LogP contribution in [0.25, 0.3) is 0 Å². The van der Waals surface area contributed by atoms with Gasteiger partial charge in [0.25, 0.3) is 0 Å². The minimum absolute atomic E-state index is 0.327. The van der Waals surface area contributed by atoms with Gasteiger partial charge in [0.05, 0.1) is 0 Å². The van der Waals surface area contributed by atoms with Crippen LogP contribution in [-0.4, -0.2) is 30.4 Å². The number of unbranched alkanes of at least 4 members (excludes halogenated alkanes) is 2. The molecule has 1 aliphatic heterocycles. The summed E-state index contributed by atoms with van der Waals surface area (Å²) in [5.41, 5.74) is 6.88. The molecule has 3 heteroatoms. The van der Waals surface area contributed by atoms with Crippen LogP contribution in [0.15, 0.2) is 30.3 Å². The average Bonchev–Trinajstić information content (AvgIpc) is 2.52. The van der Waals surface area contributed by atoms with Crippen molar-refractivity contribution in [2.75, 3.05) is 19.6 Å². The van der Waals surface area contributed by atoms with Crippen LogP contribution in [0.2, 0.25) is 0 Å². The number of carbonyl (C=O) groups is 1. The topological polar surface area (TPSA) is 46.3 Å². The molecule has 1 heterocycles. The first kappa shape index (κ1) is 15.0. The Morgan fingerprint density at radius 2 is 1.80 bits per heavy atom. The van der Waals surface area contributed by atoms with E-state index in [1.165, 1.54) is 5.56 Å². The highest BCUT2D eigenvalue weighted by atomic mass is 16.2. The molecular weight excluding hydrogens is 248 g/mol. The van der Waals surface area contributed by atoms with Gasteiger partial charge in [0, 0.05) is 19.5 Å². The van der Waals surface area contributed by atoms with E-state index >= 15 is 0 Å². The van der Waals surface area contributed by atoms with E-state index in [1.54, 1.807) is 0 Å². The predicted octanol–water partition coefficient (Wildman–Crippen LogP) is 2.91. The lowest BCUT2D eigenvalue weighted by atomic mass is 9.89. The molecule has 1 amide bonds. The molecule has 3 nitrogen and oxygen atoms in total. The average molecular weight is 274 g/mol. The highest BCUT2D eigenvalue weighted by molar-refractivity contribution is 5.76. The molecule has 20 heavy (non-hydrogen) atoms. The summed E-state index contributed by atoms with van der Waals surface area (Å²) in [5, 5.41) is 0. The van der Waals surface area contributed by atoms with E-state index < -0.39 is 0 Å². The van der Waals surface area contributed by atoms with Crippen LogP contribution in [-0.2, 0) is 4.79 Å². The second kappa shape index (κ2) is 8.05. The minimum Gasteiger partial charge on any atom is -0.343 e. The Kier molecular flexibility index (Phi) is 6.06. The second-order valence-corrected chi connectivity index (χ2v) is 5.67. The molecular formula is C17H26N2O. The molecule has 0 aliphatic carbocycles. The Hall–Kier alpha value is -1.35.